The van der Waals surface area contributed by atoms with Crippen molar-refractivity contribution in [3.8, 4) is 0 Å². The van der Waals surface area contributed by atoms with Gasteiger partial charge in [-0.3, -0.25) is 4.79 Å². The third-order valence-corrected chi connectivity index (χ3v) is 4.03. The van der Waals surface area contributed by atoms with Crippen molar-refractivity contribution in [2.24, 2.45) is 5.10 Å². The normalized spacial score (nSPS) is 15.7. The van der Waals surface area contributed by atoms with Crippen LogP contribution in [0.15, 0.2) is 65.4 Å². The molecule has 28 heavy (non-hydrogen) atoms. The molecular weight excluding hydrogens is 375 g/mol. The lowest BCUT2D eigenvalue weighted by Gasteiger charge is -2.13. The molecule has 1 aliphatic heterocycles. The number of benzene rings is 2. The zero-order chi connectivity index (χ0) is 20.5. The molecule has 1 amide bonds. The number of alkyl halides is 3. The highest BCUT2D eigenvalue weighted by molar-refractivity contribution is 6.29. The molecule has 6 nitrogen and oxygen atoms in total. The van der Waals surface area contributed by atoms with E-state index in [-0.39, 0.29) is 16.8 Å². The van der Waals surface area contributed by atoms with Crippen LogP contribution in [0.4, 0.5) is 24.5 Å². The molecule has 0 atom stereocenters. The smallest absolute Gasteiger partial charge is 0.418 e. The highest BCUT2D eigenvalue weighted by Crippen LogP contribution is 2.34. The second-order valence-electron chi connectivity index (χ2n) is 5.90. The molecule has 0 spiro atoms. The van der Waals surface area contributed by atoms with E-state index in [2.05, 4.69) is 10.4 Å². The predicted molar refractivity (Wildman–Crippen MR) is 97.1 cm³/mol. The van der Waals surface area contributed by atoms with Crippen LogP contribution in [0.5, 0.6) is 0 Å². The Balaban J connectivity index is 1.85. The van der Waals surface area contributed by atoms with Crippen LogP contribution >= 0.6 is 0 Å². The Labute approximate surface area is 157 Å². The third kappa shape index (κ3) is 3.73. The van der Waals surface area contributed by atoms with E-state index in [0.29, 0.717) is 11.4 Å². The lowest BCUT2D eigenvalue weighted by Crippen LogP contribution is -2.22. The minimum absolute atomic E-state index is 0.0530. The molecule has 2 N–H and O–H groups in total. The number of para-hydroxylation sites is 1. The van der Waals surface area contributed by atoms with E-state index in [4.69, 9.17) is 5.11 Å². The number of hydrogen-bond donors (Lipinski definition) is 2. The van der Waals surface area contributed by atoms with Crippen LogP contribution in [-0.2, 0) is 11.0 Å². The standard InChI is InChI=1S/C19H14F3N3O3/c1-11-14(10-23-16-5-3-2-4-15(16)19(20,21)22)17(26)25(24-11)13-8-6-12(7-9-13)18(27)28/h2-10,23H,1H3,(H,27,28). The van der Waals surface area contributed by atoms with Crippen molar-refractivity contribution in [2.75, 3.05) is 10.3 Å². The first-order valence-corrected chi connectivity index (χ1v) is 8.05. The number of nitrogens with zero attached hydrogens (tertiary/aromatic N) is 2. The monoisotopic (exact) mass is 389 g/mol. The predicted octanol–water partition coefficient (Wildman–Crippen LogP) is 4.12. The SMILES string of the molecule is CC1=NN(c2ccc(C(=O)O)cc2)C(=O)C1=CNc1ccccc1C(F)(F)F. The quantitative estimate of drug-likeness (QED) is 0.771. The highest BCUT2D eigenvalue weighted by Gasteiger charge is 2.33. The molecular formula is C19H14F3N3O3. The van der Waals surface area contributed by atoms with Gasteiger partial charge in [-0.1, -0.05) is 12.1 Å². The number of amides is 1. The molecule has 0 radical (unpaired) electrons. The zero-order valence-corrected chi connectivity index (χ0v) is 14.5. The molecule has 0 aliphatic carbocycles. The summed E-state index contributed by atoms with van der Waals surface area (Å²) >= 11 is 0. The maximum atomic E-state index is 13.1. The van der Waals surface area contributed by atoms with E-state index in [1.807, 2.05) is 0 Å². The summed E-state index contributed by atoms with van der Waals surface area (Å²) < 4.78 is 39.2. The molecule has 9 heteroatoms. The maximum Gasteiger partial charge on any atom is 0.418 e. The van der Waals surface area contributed by atoms with Gasteiger partial charge < -0.3 is 10.4 Å². The van der Waals surface area contributed by atoms with Crippen molar-refractivity contribution < 1.29 is 27.9 Å². The van der Waals surface area contributed by atoms with E-state index in [1.54, 1.807) is 6.92 Å². The van der Waals surface area contributed by atoms with Crippen LogP contribution < -0.4 is 10.3 Å². The fourth-order valence-corrected chi connectivity index (χ4v) is 2.61. The topological polar surface area (TPSA) is 82.0 Å². The minimum Gasteiger partial charge on any atom is -0.478 e. The van der Waals surface area contributed by atoms with Gasteiger partial charge in [0.1, 0.15) is 0 Å². The fraction of sp³-hybridized carbons (Fsp3) is 0.105. The molecule has 0 bridgehead atoms. The van der Waals surface area contributed by atoms with Gasteiger partial charge in [-0.25, -0.2) is 4.79 Å². The molecule has 2 aromatic carbocycles. The number of rotatable bonds is 4. The first-order valence-electron chi connectivity index (χ1n) is 8.05. The minimum atomic E-state index is -4.54. The number of carboxylic acid groups (broad SMARTS) is 1. The number of halogens is 3. The second-order valence-corrected chi connectivity index (χ2v) is 5.90. The molecule has 2 aromatic rings. The molecule has 0 saturated heterocycles. The Morgan fingerprint density at radius 2 is 1.79 bits per heavy atom. The molecule has 0 saturated carbocycles. The van der Waals surface area contributed by atoms with Crippen LogP contribution in [-0.4, -0.2) is 22.7 Å². The van der Waals surface area contributed by atoms with Gasteiger partial charge in [0.25, 0.3) is 5.91 Å². The van der Waals surface area contributed by atoms with Gasteiger partial charge in [-0.05, 0) is 43.3 Å². The number of hydrogen-bond acceptors (Lipinski definition) is 4. The van der Waals surface area contributed by atoms with Gasteiger partial charge in [0.15, 0.2) is 0 Å². The van der Waals surface area contributed by atoms with E-state index < -0.39 is 23.6 Å². The van der Waals surface area contributed by atoms with Gasteiger partial charge in [0.2, 0.25) is 0 Å². The summed E-state index contributed by atoms with van der Waals surface area (Å²) in [5.41, 5.74) is -0.241. The summed E-state index contributed by atoms with van der Waals surface area (Å²) in [4.78, 5) is 23.5. The molecule has 0 unspecified atom stereocenters. The maximum absolute atomic E-state index is 13.1. The first-order chi connectivity index (χ1) is 13.2. The number of aromatic carboxylic acids is 1. The van der Waals surface area contributed by atoms with E-state index in [9.17, 15) is 22.8 Å². The van der Waals surface area contributed by atoms with Gasteiger partial charge in [0.05, 0.1) is 33.8 Å². The summed E-state index contributed by atoms with van der Waals surface area (Å²) in [6, 6.07) is 10.4. The van der Waals surface area contributed by atoms with E-state index in [1.165, 1.54) is 48.7 Å². The molecule has 1 heterocycles. The molecule has 0 aromatic heterocycles. The molecule has 1 aliphatic rings. The number of anilines is 2. The third-order valence-electron chi connectivity index (χ3n) is 4.03. The van der Waals surface area contributed by atoms with E-state index in [0.717, 1.165) is 11.1 Å². The van der Waals surface area contributed by atoms with Crippen LogP contribution in [0.1, 0.15) is 22.8 Å². The molecule has 144 valence electrons. The number of hydrazone groups is 1. The van der Waals surface area contributed by atoms with Crippen LogP contribution in [0.3, 0.4) is 0 Å². The fourth-order valence-electron chi connectivity index (χ4n) is 2.61. The lowest BCUT2D eigenvalue weighted by molar-refractivity contribution is -0.136. The van der Waals surface area contributed by atoms with Crippen molar-refractivity contribution in [1.29, 1.82) is 0 Å². The van der Waals surface area contributed by atoms with Crippen molar-refractivity contribution in [2.45, 2.75) is 13.1 Å². The first kappa shape index (κ1) is 19.2. The van der Waals surface area contributed by atoms with Gasteiger partial charge in [0, 0.05) is 6.20 Å². The Morgan fingerprint density at radius 1 is 1.14 bits per heavy atom. The highest BCUT2D eigenvalue weighted by atomic mass is 19.4. The van der Waals surface area contributed by atoms with Crippen molar-refractivity contribution in [3.63, 3.8) is 0 Å². The number of carbonyl (C=O) groups is 2. The van der Waals surface area contributed by atoms with Crippen LogP contribution in [0.2, 0.25) is 0 Å². The Kier molecular flexibility index (Phi) is 4.91. The van der Waals surface area contributed by atoms with Gasteiger partial charge in [-0.15, -0.1) is 0 Å². The summed E-state index contributed by atoms with van der Waals surface area (Å²) in [6.07, 6.45) is -3.36. The average molecular weight is 389 g/mol. The summed E-state index contributed by atoms with van der Waals surface area (Å²) in [5.74, 6) is -1.65. The molecule has 3 rings (SSSR count). The largest absolute Gasteiger partial charge is 0.478 e. The Morgan fingerprint density at radius 3 is 2.39 bits per heavy atom. The second kappa shape index (κ2) is 7.18. The summed E-state index contributed by atoms with van der Waals surface area (Å²) in [6.45, 7) is 1.55. The average Bonchev–Trinajstić information content (AvgIpc) is 2.93. The number of carboxylic acids is 1. The Hall–Kier alpha value is -3.62. The zero-order valence-electron chi connectivity index (χ0n) is 14.5. The van der Waals surface area contributed by atoms with Crippen LogP contribution in [0.25, 0.3) is 0 Å². The Bertz CT molecular complexity index is 995. The number of nitrogens with one attached hydrogen (secondary N) is 1. The van der Waals surface area contributed by atoms with Crippen molar-refractivity contribution >= 4 is 29.0 Å². The lowest BCUT2D eigenvalue weighted by atomic mass is 10.1. The van der Waals surface area contributed by atoms with Crippen molar-refractivity contribution in [3.05, 3.63) is 71.4 Å². The van der Waals surface area contributed by atoms with Gasteiger partial charge >= 0.3 is 12.1 Å². The molecule has 0 fully saturated rings. The van der Waals surface area contributed by atoms with Crippen molar-refractivity contribution in [1.82, 2.24) is 0 Å². The number of carbonyl (C=O) groups excluding carboxylic acids is 1. The summed E-state index contributed by atoms with van der Waals surface area (Å²) in [7, 11) is 0. The van der Waals surface area contributed by atoms with Crippen LogP contribution in [0, 0.1) is 0 Å². The van der Waals surface area contributed by atoms with E-state index >= 15 is 0 Å². The summed E-state index contributed by atoms with van der Waals surface area (Å²) in [5, 5.41) is 16.6. The van der Waals surface area contributed by atoms with Gasteiger partial charge in [-0.2, -0.15) is 23.3 Å².